The highest BCUT2D eigenvalue weighted by Crippen LogP contribution is 2.42. The predicted molar refractivity (Wildman–Crippen MR) is 70.6 cm³/mol. The number of esters is 1. The van der Waals surface area contributed by atoms with Crippen molar-refractivity contribution in [2.24, 2.45) is 17.3 Å². The third-order valence-electron chi connectivity index (χ3n) is 3.77. The molecule has 0 aromatic carbocycles. The Labute approximate surface area is 105 Å². The van der Waals surface area contributed by atoms with E-state index in [4.69, 9.17) is 4.74 Å². The third-order valence-corrected chi connectivity index (χ3v) is 3.77. The first-order valence-electron chi connectivity index (χ1n) is 6.35. The molecule has 1 aliphatic rings. The van der Waals surface area contributed by atoms with Gasteiger partial charge in [-0.1, -0.05) is 32.9 Å². The fourth-order valence-corrected chi connectivity index (χ4v) is 2.71. The third kappa shape index (κ3) is 3.21. The van der Waals surface area contributed by atoms with Gasteiger partial charge in [-0.25, -0.2) is 4.79 Å². The van der Waals surface area contributed by atoms with Gasteiger partial charge in [0.2, 0.25) is 0 Å². The van der Waals surface area contributed by atoms with Gasteiger partial charge in [0, 0.05) is 5.57 Å². The Morgan fingerprint density at radius 1 is 1.71 bits per heavy atom. The number of hydrogen-bond donors (Lipinski definition) is 0. The van der Waals surface area contributed by atoms with Gasteiger partial charge in [0.25, 0.3) is 0 Å². The van der Waals surface area contributed by atoms with Crippen LogP contribution in [0.1, 0.15) is 40.0 Å². The molecule has 1 aliphatic carbocycles. The minimum absolute atomic E-state index is 0.0661. The molecule has 0 aliphatic heterocycles. The first-order chi connectivity index (χ1) is 7.93. The highest BCUT2D eigenvalue weighted by molar-refractivity contribution is 5.89. The van der Waals surface area contributed by atoms with Crippen LogP contribution in [0.25, 0.3) is 0 Å². The zero-order chi connectivity index (χ0) is 13.1. The van der Waals surface area contributed by atoms with Gasteiger partial charge in [0.05, 0.1) is 7.11 Å². The second-order valence-electron chi connectivity index (χ2n) is 5.63. The summed E-state index contributed by atoms with van der Waals surface area (Å²) in [5, 5.41) is 0. The minimum Gasteiger partial charge on any atom is -0.466 e. The average molecular weight is 236 g/mol. The highest BCUT2D eigenvalue weighted by atomic mass is 16.5. The number of rotatable bonds is 4. The molecule has 0 spiro atoms. The van der Waals surface area contributed by atoms with Crippen molar-refractivity contribution < 1.29 is 9.53 Å². The van der Waals surface area contributed by atoms with Crippen LogP contribution >= 0.6 is 0 Å². The van der Waals surface area contributed by atoms with Crippen LogP contribution in [0.4, 0.5) is 0 Å². The smallest absolute Gasteiger partial charge is 0.333 e. The van der Waals surface area contributed by atoms with Crippen molar-refractivity contribution >= 4 is 5.97 Å². The van der Waals surface area contributed by atoms with Gasteiger partial charge < -0.3 is 4.74 Å². The lowest BCUT2D eigenvalue weighted by Gasteiger charge is -2.36. The summed E-state index contributed by atoms with van der Waals surface area (Å²) in [6.45, 7) is 10.3. The van der Waals surface area contributed by atoms with E-state index in [-0.39, 0.29) is 11.4 Å². The molecule has 0 unspecified atom stereocenters. The lowest BCUT2D eigenvalue weighted by atomic mass is 9.69. The molecule has 0 fully saturated rings. The van der Waals surface area contributed by atoms with Crippen LogP contribution in [0, 0.1) is 17.3 Å². The maximum atomic E-state index is 11.9. The molecule has 96 valence electrons. The van der Waals surface area contributed by atoms with E-state index < -0.39 is 0 Å². The Hall–Kier alpha value is -1.05. The van der Waals surface area contributed by atoms with Crippen molar-refractivity contribution in [1.82, 2.24) is 0 Å². The molecule has 0 amide bonds. The fraction of sp³-hybridized carbons (Fsp3) is 0.667. The molecule has 2 atom stereocenters. The van der Waals surface area contributed by atoms with E-state index in [0.29, 0.717) is 11.8 Å². The van der Waals surface area contributed by atoms with Gasteiger partial charge in [0.1, 0.15) is 0 Å². The predicted octanol–water partition coefficient (Wildman–Crippen LogP) is 3.73. The van der Waals surface area contributed by atoms with Crippen LogP contribution < -0.4 is 0 Å². The van der Waals surface area contributed by atoms with Crippen LogP contribution in [0.3, 0.4) is 0 Å². The van der Waals surface area contributed by atoms with Gasteiger partial charge >= 0.3 is 5.97 Å². The van der Waals surface area contributed by atoms with Crippen LogP contribution in [0.15, 0.2) is 24.3 Å². The van der Waals surface area contributed by atoms with E-state index in [2.05, 4.69) is 33.4 Å². The molecule has 1 rings (SSSR count). The van der Waals surface area contributed by atoms with E-state index in [1.807, 2.05) is 6.08 Å². The average Bonchev–Trinajstić information content (AvgIpc) is 2.27. The molecular formula is C15H24O2. The van der Waals surface area contributed by atoms with Gasteiger partial charge in [-0.05, 0) is 36.5 Å². The Morgan fingerprint density at radius 3 is 2.82 bits per heavy atom. The molecule has 2 nitrogen and oxygen atoms in total. The zero-order valence-electron chi connectivity index (χ0n) is 11.5. The van der Waals surface area contributed by atoms with Crippen LogP contribution in [0.2, 0.25) is 0 Å². The number of hydrogen-bond acceptors (Lipinski definition) is 2. The van der Waals surface area contributed by atoms with Crippen molar-refractivity contribution in [2.75, 3.05) is 7.11 Å². The number of allylic oxidation sites excluding steroid dienone is 2. The van der Waals surface area contributed by atoms with Crippen molar-refractivity contribution in [3.05, 3.63) is 24.3 Å². The Kier molecular flexibility index (Phi) is 4.55. The highest BCUT2D eigenvalue weighted by Gasteiger charge is 2.34. The van der Waals surface area contributed by atoms with Crippen molar-refractivity contribution in [3.63, 3.8) is 0 Å². The molecule has 0 heterocycles. The number of carbonyl (C=O) groups is 1. The van der Waals surface area contributed by atoms with Gasteiger partial charge in [-0.2, -0.15) is 0 Å². The molecule has 0 N–H and O–H groups in total. The molecule has 0 aromatic heterocycles. The van der Waals surface area contributed by atoms with Gasteiger partial charge in [-0.3, -0.25) is 0 Å². The first-order valence-corrected chi connectivity index (χ1v) is 6.35. The van der Waals surface area contributed by atoms with Crippen molar-refractivity contribution in [3.8, 4) is 0 Å². The second kappa shape index (κ2) is 5.52. The Bertz CT molecular complexity index is 328. The Balaban J connectivity index is 3.05. The maximum Gasteiger partial charge on any atom is 0.333 e. The molecule has 0 saturated carbocycles. The lowest BCUT2D eigenvalue weighted by Crippen LogP contribution is -2.29. The quantitative estimate of drug-likeness (QED) is 0.549. The van der Waals surface area contributed by atoms with Gasteiger partial charge in [-0.15, -0.1) is 6.58 Å². The first kappa shape index (κ1) is 14.0. The maximum absolute atomic E-state index is 11.9. The van der Waals surface area contributed by atoms with Crippen molar-refractivity contribution in [1.29, 1.82) is 0 Å². The van der Waals surface area contributed by atoms with Crippen LogP contribution in [-0.4, -0.2) is 13.1 Å². The van der Waals surface area contributed by atoms with E-state index >= 15 is 0 Å². The number of methoxy groups -OCH3 is 1. The summed E-state index contributed by atoms with van der Waals surface area (Å²) >= 11 is 0. The zero-order valence-corrected chi connectivity index (χ0v) is 11.5. The lowest BCUT2D eigenvalue weighted by molar-refractivity contribution is -0.137. The van der Waals surface area contributed by atoms with E-state index in [1.165, 1.54) is 7.11 Å². The summed E-state index contributed by atoms with van der Waals surface area (Å²) in [7, 11) is 1.46. The fourth-order valence-electron chi connectivity index (χ4n) is 2.71. The monoisotopic (exact) mass is 236 g/mol. The SMILES string of the molecule is C=CC[C@@]1(C)C=C(C(=O)OC)[C@H](C(C)C)CC1. The van der Waals surface area contributed by atoms with Crippen molar-refractivity contribution in [2.45, 2.75) is 40.0 Å². The van der Waals surface area contributed by atoms with E-state index in [1.54, 1.807) is 0 Å². The molecule has 2 heteroatoms. The summed E-state index contributed by atoms with van der Waals surface area (Å²) in [5.41, 5.74) is 0.925. The Morgan fingerprint density at radius 2 is 2.35 bits per heavy atom. The van der Waals surface area contributed by atoms with Crippen LogP contribution in [0.5, 0.6) is 0 Å². The molecule has 17 heavy (non-hydrogen) atoms. The largest absolute Gasteiger partial charge is 0.466 e. The van der Waals surface area contributed by atoms with Gasteiger partial charge in [0.15, 0.2) is 0 Å². The number of carbonyl (C=O) groups excluding carboxylic acids is 1. The second-order valence-corrected chi connectivity index (χ2v) is 5.63. The molecular weight excluding hydrogens is 212 g/mol. The molecule has 0 radical (unpaired) electrons. The van der Waals surface area contributed by atoms with Crippen LogP contribution in [-0.2, 0) is 9.53 Å². The standard InChI is InChI=1S/C15H24O2/c1-6-8-15(4)9-7-12(11(2)3)13(10-15)14(16)17-5/h6,10-12H,1,7-9H2,2-5H3/t12-,15+/m0/s1. The normalized spacial score (nSPS) is 28.8. The van der Waals surface area contributed by atoms with E-state index in [9.17, 15) is 4.79 Å². The minimum atomic E-state index is -0.168. The number of ether oxygens (including phenoxy) is 1. The van der Waals surface area contributed by atoms with E-state index in [0.717, 1.165) is 24.8 Å². The summed E-state index contributed by atoms with van der Waals surface area (Å²) in [4.78, 5) is 11.9. The summed E-state index contributed by atoms with van der Waals surface area (Å²) in [6, 6.07) is 0. The summed E-state index contributed by atoms with van der Waals surface area (Å²) < 4.78 is 4.91. The summed E-state index contributed by atoms with van der Waals surface area (Å²) in [6.07, 6.45) is 7.14. The molecule has 0 aromatic rings. The molecule has 0 bridgehead atoms. The topological polar surface area (TPSA) is 26.3 Å². The summed E-state index contributed by atoms with van der Waals surface area (Å²) in [5.74, 6) is 0.646. The molecule has 0 saturated heterocycles.